The molecule has 1 saturated heterocycles. The largest absolute Gasteiger partial charge is 0.299 e. The molecule has 1 aliphatic heterocycles. The van der Waals surface area contributed by atoms with E-state index >= 15 is 0 Å². The van der Waals surface area contributed by atoms with Crippen LogP contribution < -0.4 is 0 Å². The van der Waals surface area contributed by atoms with E-state index in [2.05, 4.69) is 31.2 Å². The van der Waals surface area contributed by atoms with Crippen LogP contribution in [0.15, 0.2) is 25.3 Å². The zero-order valence-electron chi connectivity index (χ0n) is 7.29. The summed E-state index contributed by atoms with van der Waals surface area (Å²) in [4.78, 5) is 2.35. The summed E-state index contributed by atoms with van der Waals surface area (Å²) in [5, 5.41) is 0. The summed E-state index contributed by atoms with van der Waals surface area (Å²) in [6.07, 6.45) is 6.61. The Bertz CT molecular complexity index is 151. The van der Waals surface area contributed by atoms with Gasteiger partial charge in [0, 0.05) is 12.6 Å². The van der Waals surface area contributed by atoms with Gasteiger partial charge in [-0.15, -0.1) is 13.2 Å². The topological polar surface area (TPSA) is 3.24 Å². The van der Waals surface area contributed by atoms with Gasteiger partial charge in [0.15, 0.2) is 0 Å². The molecule has 0 amide bonds. The SMILES string of the molecule is C=CC1CCC(C=C)N(C)C1. The normalized spacial score (nSPS) is 33.2. The van der Waals surface area contributed by atoms with Crippen molar-refractivity contribution >= 4 is 0 Å². The highest BCUT2D eigenvalue weighted by atomic mass is 15.1. The van der Waals surface area contributed by atoms with Crippen LogP contribution in [0, 0.1) is 5.92 Å². The van der Waals surface area contributed by atoms with Gasteiger partial charge in [0.25, 0.3) is 0 Å². The fourth-order valence-corrected chi connectivity index (χ4v) is 1.69. The molecule has 2 unspecified atom stereocenters. The molecule has 1 heterocycles. The molecule has 11 heavy (non-hydrogen) atoms. The van der Waals surface area contributed by atoms with Gasteiger partial charge in [-0.1, -0.05) is 12.2 Å². The first-order valence-electron chi connectivity index (χ1n) is 4.23. The Hall–Kier alpha value is -0.560. The van der Waals surface area contributed by atoms with E-state index < -0.39 is 0 Å². The Labute approximate surface area is 69.4 Å². The second-order valence-corrected chi connectivity index (χ2v) is 3.32. The summed E-state index contributed by atoms with van der Waals surface area (Å²) >= 11 is 0. The number of likely N-dealkylation sites (N-methyl/N-ethyl adjacent to an activating group) is 1. The van der Waals surface area contributed by atoms with Gasteiger partial charge in [-0.3, -0.25) is 4.90 Å². The number of hydrogen-bond acceptors (Lipinski definition) is 1. The number of hydrogen-bond donors (Lipinski definition) is 0. The van der Waals surface area contributed by atoms with Crippen molar-refractivity contribution in [2.45, 2.75) is 18.9 Å². The lowest BCUT2D eigenvalue weighted by Gasteiger charge is -2.34. The van der Waals surface area contributed by atoms with Crippen LogP contribution in [0.4, 0.5) is 0 Å². The fourth-order valence-electron chi connectivity index (χ4n) is 1.69. The summed E-state index contributed by atoms with van der Waals surface area (Å²) in [7, 11) is 2.15. The molecule has 1 heteroatoms. The van der Waals surface area contributed by atoms with Gasteiger partial charge < -0.3 is 0 Å². The maximum atomic E-state index is 3.82. The highest BCUT2D eigenvalue weighted by Gasteiger charge is 2.20. The van der Waals surface area contributed by atoms with E-state index in [-0.39, 0.29) is 0 Å². The maximum absolute atomic E-state index is 3.82. The number of likely N-dealkylation sites (tertiary alicyclic amines) is 1. The first-order valence-corrected chi connectivity index (χ1v) is 4.23. The van der Waals surface area contributed by atoms with E-state index in [1.54, 1.807) is 0 Å². The molecule has 1 fully saturated rings. The summed E-state index contributed by atoms with van der Waals surface area (Å²) in [5.41, 5.74) is 0. The van der Waals surface area contributed by atoms with Crippen LogP contribution >= 0.6 is 0 Å². The maximum Gasteiger partial charge on any atom is 0.0273 e. The summed E-state index contributed by atoms with van der Waals surface area (Å²) in [6, 6.07) is 0.589. The minimum Gasteiger partial charge on any atom is -0.299 e. The molecule has 0 bridgehead atoms. The van der Waals surface area contributed by atoms with Crippen molar-refractivity contribution in [3.63, 3.8) is 0 Å². The van der Waals surface area contributed by atoms with Gasteiger partial charge in [-0.2, -0.15) is 0 Å². The Kier molecular flexibility index (Phi) is 2.89. The predicted octanol–water partition coefficient (Wildman–Crippen LogP) is 2.07. The molecule has 2 atom stereocenters. The van der Waals surface area contributed by atoms with Crippen LogP contribution in [0.5, 0.6) is 0 Å². The fraction of sp³-hybridized carbons (Fsp3) is 0.600. The molecular weight excluding hydrogens is 134 g/mol. The van der Waals surface area contributed by atoms with Crippen molar-refractivity contribution in [2.24, 2.45) is 5.92 Å². The smallest absolute Gasteiger partial charge is 0.0273 e. The van der Waals surface area contributed by atoms with Crippen molar-refractivity contribution in [3.05, 3.63) is 25.3 Å². The third-order valence-electron chi connectivity index (χ3n) is 2.53. The second kappa shape index (κ2) is 3.72. The van der Waals surface area contributed by atoms with E-state index in [1.165, 1.54) is 12.8 Å². The molecule has 0 aromatic heterocycles. The van der Waals surface area contributed by atoms with Gasteiger partial charge in [0.2, 0.25) is 0 Å². The molecule has 0 N–H and O–H groups in total. The first kappa shape index (κ1) is 8.54. The minimum absolute atomic E-state index is 0.589. The first-order chi connectivity index (χ1) is 5.27. The second-order valence-electron chi connectivity index (χ2n) is 3.32. The van der Waals surface area contributed by atoms with Gasteiger partial charge in [0.05, 0.1) is 0 Å². The standard InChI is InChI=1S/C10H17N/c1-4-9-6-7-10(5-2)11(3)8-9/h4-5,9-10H,1-2,6-8H2,3H3. The molecule has 0 aromatic carbocycles. The van der Waals surface area contributed by atoms with Crippen molar-refractivity contribution in [1.29, 1.82) is 0 Å². The van der Waals surface area contributed by atoms with Crippen molar-refractivity contribution in [1.82, 2.24) is 4.90 Å². The van der Waals surface area contributed by atoms with Crippen LogP contribution in [0.25, 0.3) is 0 Å². The Morgan fingerprint density at radius 1 is 1.27 bits per heavy atom. The van der Waals surface area contributed by atoms with E-state index in [0.29, 0.717) is 12.0 Å². The highest BCUT2D eigenvalue weighted by molar-refractivity contribution is 4.94. The molecule has 62 valence electrons. The van der Waals surface area contributed by atoms with Gasteiger partial charge in [-0.05, 0) is 25.8 Å². The lowest BCUT2D eigenvalue weighted by molar-refractivity contribution is 0.189. The Morgan fingerprint density at radius 3 is 2.45 bits per heavy atom. The third kappa shape index (κ3) is 1.93. The van der Waals surface area contributed by atoms with E-state index in [9.17, 15) is 0 Å². The van der Waals surface area contributed by atoms with E-state index in [4.69, 9.17) is 0 Å². The van der Waals surface area contributed by atoms with Gasteiger partial charge in [-0.25, -0.2) is 0 Å². The highest BCUT2D eigenvalue weighted by Crippen LogP contribution is 2.21. The van der Waals surface area contributed by atoms with Crippen LogP contribution in [0.3, 0.4) is 0 Å². The van der Waals surface area contributed by atoms with Crippen LogP contribution in [0.2, 0.25) is 0 Å². The lowest BCUT2D eigenvalue weighted by atomic mass is 9.93. The Balaban J connectivity index is 2.46. The van der Waals surface area contributed by atoms with E-state index in [1.807, 2.05) is 6.08 Å². The molecule has 1 rings (SSSR count). The Morgan fingerprint density at radius 2 is 2.00 bits per heavy atom. The third-order valence-corrected chi connectivity index (χ3v) is 2.53. The summed E-state index contributed by atoms with van der Waals surface area (Å²) in [5.74, 6) is 0.691. The number of piperidine rings is 1. The van der Waals surface area contributed by atoms with Crippen molar-refractivity contribution in [2.75, 3.05) is 13.6 Å². The molecule has 0 spiro atoms. The number of rotatable bonds is 2. The average molecular weight is 151 g/mol. The monoisotopic (exact) mass is 151 g/mol. The zero-order chi connectivity index (χ0) is 8.27. The number of nitrogens with zero attached hydrogens (tertiary/aromatic N) is 1. The zero-order valence-corrected chi connectivity index (χ0v) is 7.29. The van der Waals surface area contributed by atoms with E-state index in [0.717, 1.165) is 6.54 Å². The van der Waals surface area contributed by atoms with Crippen LogP contribution in [-0.4, -0.2) is 24.5 Å². The summed E-state index contributed by atoms with van der Waals surface area (Å²) < 4.78 is 0. The molecular formula is C10H17N. The van der Waals surface area contributed by atoms with Crippen molar-refractivity contribution in [3.8, 4) is 0 Å². The van der Waals surface area contributed by atoms with Gasteiger partial charge in [0.1, 0.15) is 0 Å². The lowest BCUT2D eigenvalue weighted by Crippen LogP contribution is -2.38. The quantitative estimate of drug-likeness (QED) is 0.546. The predicted molar refractivity (Wildman–Crippen MR) is 49.5 cm³/mol. The summed E-state index contributed by atoms with van der Waals surface area (Å²) in [6.45, 7) is 8.77. The molecule has 0 aliphatic carbocycles. The van der Waals surface area contributed by atoms with Crippen molar-refractivity contribution < 1.29 is 0 Å². The molecule has 0 radical (unpaired) electrons. The molecule has 0 aromatic rings. The molecule has 1 aliphatic rings. The minimum atomic E-state index is 0.589. The molecule has 1 nitrogen and oxygen atoms in total. The van der Waals surface area contributed by atoms with Crippen LogP contribution in [-0.2, 0) is 0 Å². The average Bonchev–Trinajstić information content (AvgIpc) is 2.04. The molecule has 0 saturated carbocycles. The van der Waals surface area contributed by atoms with Crippen LogP contribution in [0.1, 0.15) is 12.8 Å². The van der Waals surface area contributed by atoms with Gasteiger partial charge >= 0.3 is 0 Å².